The van der Waals surface area contributed by atoms with E-state index >= 15 is 0 Å². The topological polar surface area (TPSA) is 44.8 Å². The average Bonchev–Trinajstić information content (AvgIpc) is 3.05. The molecule has 1 unspecified atom stereocenters. The summed E-state index contributed by atoms with van der Waals surface area (Å²) in [5.74, 6) is 0.290. The Labute approximate surface area is 140 Å². The lowest BCUT2D eigenvalue weighted by atomic mass is 9.91. The minimum Gasteiger partial charge on any atom is -0.347 e. The highest BCUT2D eigenvalue weighted by atomic mass is 35.5. The second-order valence-corrected chi connectivity index (χ2v) is 6.30. The molecule has 5 heteroatoms. The van der Waals surface area contributed by atoms with E-state index < -0.39 is 0 Å². The van der Waals surface area contributed by atoms with Gasteiger partial charge in [-0.3, -0.25) is 9.88 Å². The first-order valence-electron chi connectivity index (χ1n) is 7.69. The molecule has 0 spiro atoms. The second kappa shape index (κ2) is 6.14. The van der Waals surface area contributed by atoms with E-state index in [0.29, 0.717) is 10.9 Å². The highest BCUT2D eigenvalue weighted by Crippen LogP contribution is 2.31. The monoisotopic (exact) mass is 324 g/mol. The number of nitrogens with one attached hydrogen (secondary N) is 1. The van der Waals surface area contributed by atoms with Crippen molar-refractivity contribution in [3.8, 4) is 0 Å². The van der Waals surface area contributed by atoms with Crippen molar-refractivity contribution in [1.29, 1.82) is 0 Å². The third-order valence-corrected chi connectivity index (χ3v) is 4.50. The van der Waals surface area contributed by atoms with Gasteiger partial charge >= 0.3 is 0 Å². The summed E-state index contributed by atoms with van der Waals surface area (Å²) in [5, 5.41) is 0.672. The summed E-state index contributed by atoms with van der Waals surface area (Å²) in [6.45, 7) is 2.61. The molecule has 0 fully saturated rings. The molecule has 23 heavy (non-hydrogen) atoms. The predicted molar refractivity (Wildman–Crippen MR) is 90.2 cm³/mol. The normalized spacial score (nSPS) is 17.9. The van der Waals surface area contributed by atoms with Crippen molar-refractivity contribution in [3.63, 3.8) is 0 Å². The van der Waals surface area contributed by atoms with Crippen LogP contribution in [0.2, 0.25) is 5.02 Å². The lowest BCUT2D eigenvalue weighted by Crippen LogP contribution is -2.34. The lowest BCUT2D eigenvalue weighted by molar-refractivity contribution is 0.225. The smallest absolute Gasteiger partial charge is 0.0925 e. The van der Waals surface area contributed by atoms with Gasteiger partial charge in [0.2, 0.25) is 0 Å². The fourth-order valence-electron chi connectivity index (χ4n) is 3.19. The Morgan fingerprint density at radius 2 is 2.00 bits per heavy atom. The SMILES string of the molecule is Clc1ccc(CN2Cc3[nH]cnc3C(c3ccccc3)C2)nc1. The van der Waals surface area contributed by atoms with Gasteiger partial charge in [0.05, 0.1) is 28.4 Å². The Morgan fingerprint density at radius 1 is 1.13 bits per heavy atom. The Balaban J connectivity index is 1.61. The summed E-state index contributed by atoms with van der Waals surface area (Å²) in [7, 11) is 0. The van der Waals surface area contributed by atoms with E-state index in [2.05, 4.69) is 44.1 Å². The Bertz CT molecular complexity index is 782. The van der Waals surface area contributed by atoms with E-state index in [1.54, 1.807) is 12.5 Å². The maximum Gasteiger partial charge on any atom is 0.0925 e. The number of halogens is 1. The zero-order valence-corrected chi connectivity index (χ0v) is 13.4. The van der Waals surface area contributed by atoms with Crippen LogP contribution in [0, 0.1) is 0 Å². The molecule has 116 valence electrons. The van der Waals surface area contributed by atoms with Crippen LogP contribution in [0.1, 0.15) is 28.6 Å². The predicted octanol–water partition coefficient (Wildman–Crippen LogP) is 3.61. The molecule has 3 aromatic rings. The van der Waals surface area contributed by atoms with E-state index in [4.69, 9.17) is 11.6 Å². The second-order valence-electron chi connectivity index (χ2n) is 5.87. The summed E-state index contributed by atoms with van der Waals surface area (Å²) >= 11 is 5.92. The van der Waals surface area contributed by atoms with E-state index in [0.717, 1.165) is 31.0 Å². The maximum absolute atomic E-state index is 5.92. The number of benzene rings is 1. The molecule has 1 aromatic carbocycles. The van der Waals surface area contributed by atoms with Gasteiger partial charge in [-0.05, 0) is 17.7 Å². The van der Waals surface area contributed by atoms with Crippen LogP contribution in [-0.2, 0) is 13.1 Å². The summed E-state index contributed by atoms with van der Waals surface area (Å²) in [5.41, 5.74) is 4.69. The van der Waals surface area contributed by atoms with E-state index in [1.807, 2.05) is 18.2 Å². The summed E-state index contributed by atoms with van der Waals surface area (Å²) in [4.78, 5) is 14.7. The first-order valence-corrected chi connectivity index (χ1v) is 8.07. The fraction of sp³-hybridized carbons (Fsp3) is 0.222. The molecule has 1 atom stereocenters. The minimum atomic E-state index is 0.290. The molecule has 3 heterocycles. The number of hydrogen-bond donors (Lipinski definition) is 1. The molecule has 4 nitrogen and oxygen atoms in total. The van der Waals surface area contributed by atoms with Gasteiger partial charge in [0, 0.05) is 31.7 Å². The van der Waals surface area contributed by atoms with Gasteiger partial charge in [-0.25, -0.2) is 4.98 Å². The first-order chi connectivity index (χ1) is 11.3. The fourth-order valence-corrected chi connectivity index (χ4v) is 3.30. The van der Waals surface area contributed by atoms with Crippen LogP contribution in [-0.4, -0.2) is 26.4 Å². The van der Waals surface area contributed by atoms with Crippen LogP contribution in [0.25, 0.3) is 0 Å². The van der Waals surface area contributed by atoms with Crippen molar-refractivity contribution in [2.45, 2.75) is 19.0 Å². The van der Waals surface area contributed by atoms with Gasteiger partial charge in [-0.1, -0.05) is 41.9 Å². The van der Waals surface area contributed by atoms with E-state index in [-0.39, 0.29) is 0 Å². The number of pyridine rings is 1. The number of rotatable bonds is 3. The molecular formula is C18H17ClN4. The largest absolute Gasteiger partial charge is 0.347 e. The number of aromatic nitrogens is 3. The minimum absolute atomic E-state index is 0.290. The van der Waals surface area contributed by atoms with Crippen molar-refractivity contribution < 1.29 is 0 Å². The third-order valence-electron chi connectivity index (χ3n) is 4.28. The Morgan fingerprint density at radius 3 is 2.78 bits per heavy atom. The Hall–Kier alpha value is -2.17. The number of fused-ring (bicyclic) bond motifs is 1. The number of hydrogen-bond acceptors (Lipinski definition) is 3. The van der Waals surface area contributed by atoms with Gasteiger partial charge in [0.1, 0.15) is 0 Å². The zero-order chi connectivity index (χ0) is 15.6. The zero-order valence-electron chi connectivity index (χ0n) is 12.6. The van der Waals surface area contributed by atoms with Crippen molar-refractivity contribution >= 4 is 11.6 Å². The highest BCUT2D eigenvalue weighted by Gasteiger charge is 2.28. The molecule has 1 aliphatic heterocycles. The highest BCUT2D eigenvalue weighted by molar-refractivity contribution is 6.30. The molecule has 0 bridgehead atoms. The van der Waals surface area contributed by atoms with Crippen molar-refractivity contribution in [3.05, 3.63) is 82.7 Å². The molecule has 1 aliphatic rings. The molecule has 0 radical (unpaired) electrons. The van der Waals surface area contributed by atoms with Crippen molar-refractivity contribution in [2.24, 2.45) is 0 Å². The molecule has 0 saturated carbocycles. The van der Waals surface area contributed by atoms with Crippen LogP contribution in [0.5, 0.6) is 0 Å². The molecule has 0 aliphatic carbocycles. The van der Waals surface area contributed by atoms with Crippen LogP contribution >= 0.6 is 11.6 Å². The molecule has 2 aromatic heterocycles. The third kappa shape index (κ3) is 3.00. The van der Waals surface area contributed by atoms with Gasteiger partial charge < -0.3 is 4.98 Å². The molecule has 4 rings (SSSR count). The number of aromatic amines is 1. The van der Waals surface area contributed by atoms with Gasteiger partial charge in [-0.15, -0.1) is 0 Å². The van der Waals surface area contributed by atoms with Crippen LogP contribution in [0.15, 0.2) is 55.0 Å². The van der Waals surface area contributed by atoms with Gasteiger partial charge in [0.25, 0.3) is 0 Å². The number of H-pyrrole nitrogens is 1. The lowest BCUT2D eigenvalue weighted by Gasteiger charge is -2.32. The van der Waals surface area contributed by atoms with Crippen molar-refractivity contribution in [1.82, 2.24) is 19.9 Å². The maximum atomic E-state index is 5.92. The summed E-state index contributed by atoms with van der Waals surface area (Å²) in [6.07, 6.45) is 3.50. The molecule has 1 N–H and O–H groups in total. The van der Waals surface area contributed by atoms with Crippen LogP contribution < -0.4 is 0 Å². The van der Waals surface area contributed by atoms with Crippen LogP contribution in [0.4, 0.5) is 0 Å². The summed E-state index contributed by atoms with van der Waals surface area (Å²) in [6, 6.07) is 14.4. The van der Waals surface area contributed by atoms with E-state index in [9.17, 15) is 0 Å². The molecular weight excluding hydrogens is 308 g/mol. The summed E-state index contributed by atoms with van der Waals surface area (Å²) < 4.78 is 0. The first kappa shape index (κ1) is 14.4. The average molecular weight is 325 g/mol. The standard InChI is InChI=1S/C18H17ClN4/c19-14-6-7-15(20-8-14)9-23-10-16(13-4-2-1-3-5-13)18-17(11-23)21-12-22-18/h1-8,12,16H,9-11H2,(H,21,22). The molecule has 0 saturated heterocycles. The number of imidazole rings is 1. The quantitative estimate of drug-likeness (QED) is 0.800. The van der Waals surface area contributed by atoms with Gasteiger partial charge in [0.15, 0.2) is 0 Å². The molecule has 0 amide bonds. The van der Waals surface area contributed by atoms with Crippen molar-refractivity contribution in [2.75, 3.05) is 6.54 Å². The van der Waals surface area contributed by atoms with Crippen LogP contribution in [0.3, 0.4) is 0 Å². The Kier molecular flexibility index (Phi) is 3.85. The number of nitrogens with zero attached hydrogens (tertiary/aromatic N) is 3. The van der Waals surface area contributed by atoms with Gasteiger partial charge in [-0.2, -0.15) is 0 Å². The van der Waals surface area contributed by atoms with E-state index in [1.165, 1.54) is 11.3 Å².